The Bertz CT molecular complexity index is 443. The molecular formula is C16H22O3. The zero-order valence-electron chi connectivity index (χ0n) is 11.7. The maximum atomic E-state index is 11.9. The average molecular weight is 262 g/mol. The molecule has 4 fully saturated rings. The van der Waals surface area contributed by atoms with Crippen LogP contribution < -0.4 is 0 Å². The van der Waals surface area contributed by atoms with Crippen LogP contribution in [-0.4, -0.2) is 11.9 Å². The van der Waals surface area contributed by atoms with Crippen LogP contribution in [0.15, 0.2) is 0 Å². The first-order valence-corrected chi connectivity index (χ1v) is 7.89. The molecule has 3 saturated carbocycles. The van der Waals surface area contributed by atoms with Crippen molar-refractivity contribution < 1.29 is 14.3 Å². The van der Waals surface area contributed by atoms with Gasteiger partial charge in [0.25, 0.3) is 0 Å². The van der Waals surface area contributed by atoms with Gasteiger partial charge in [-0.05, 0) is 48.3 Å². The third-order valence-electron chi connectivity index (χ3n) is 6.57. The Morgan fingerprint density at radius 3 is 2.32 bits per heavy atom. The van der Waals surface area contributed by atoms with Crippen molar-refractivity contribution in [1.82, 2.24) is 0 Å². The first kappa shape index (κ1) is 11.9. The number of hydrogen-bond donors (Lipinski definition) is 0. The predicted octanol–water partition coefficient (Wildman–Crippen LogP) is 2.64. The van der Waals surface area contributed by atoms with Crippen molar-refractivity contribution in [3.63, 3.8) is 0 Å². The van der Waals surface area contributed by atoms with Crippen LogP contribution in [0, 0.1) is 47.3 Å². The van der Waals surface area contributed by atoms with Gasteiger partial charge in [0, 0.05) is 0 Å². The lowest BCUT2D eigenvalue weighted by molar-refractivity contribution is -0.154. The molecule has 1 heterocycles. The Morgan fingerprint density at radius 1 is 1.05 bits per heavy atom. The van der Waals surface area contributed by atoms with Crippen molar-refractivity contribution in [3.05, 3.63) is 0 Å². The zero-order valence-corrected chi connectivity index (χ0v) is 11.7. The van der Waals surface area contributed by atoms with E-state index in [1.807, 2.05) is 0 Å². The van der Waals surface area contributed by atoms with Crippen molar-refractivity contribution in [1.29, 1.82) is 0 Å². The minimum atomic E-state index is -0.216. The number of esters is 2. The highest BCUT2D eigenvalue weighted by Gasteiger charge is 2.69. The Hall–Kier alpha value is -0.860. The Morgan fingerprint density at radius 2 is 1.68 bits per heavy atom. The molecule has 0 aromatic rings. The highest BCUT2D eigenvalue weighted by molar-refractivity contribution is 5.97. The lowest BCUT2D eigenvalue weighted by Crippen LogP contribution is -2.37. The Labute approximate surface area is 114 Å². The monoisotopic (exact) mass is 262 g/mol. The molecule has 1 saturated heterocycles. The van der Waals surface area contributed by atoms with E-state index < -0.39 is 0 Å². The molecule has 8 atom stereocenters. The molecule has 3 nitrogen and oxygen atoms in total. The van der Waals surface area contributed by atoms with Crippen LogP contribution >= 0.6 is 0 Å². The van der Waals surface area contributed by atoms with E-state index in [0.717, 1.165) is 18.3 Å². The lowest BCUT2D eigenvalue weighted by atomic mass is 9.67. The minimum absolute atomic E-state index is 0.0802. The lowest BCUT2D eigenvalue weighted by Gasteiger charge is -2.34. The average Bonchev–Trinajstić information content (AvgIpc) is 3.04. The van der Waals surface area contributed by atoms with Gasteiger partial charge in [0.15, 0.2) is 0 Å². The second-order valence-corrected chi connectivity index (χ2v) is 7.27. The van der Waals surface area contributed by atoms with Crippen molar-refractivity contribution in [2.45, 2.75) is 39.5 Å². The van der Waals surface area contributed by atoms with Gasteiger partial charge in [-0.25, -0.2) is 0 Å². The van der Waals surface area contributed by atoms with Crippen molar-refractivity contribution in [2.75, 3.05) is 0 Å². The van der Waals surface area contributed by atoms with Crippen LogP contribution in [0.25, 0.3) is 0 Å². The summed E-state index contributed by atoms with van der Waals surface area (Å²) in [5.74, 6) is 3.18. The van der Waals surface area contributed by atoms with Gasteiger partial charge < -0.3 is 4.74 Å². The summed E-state index contributed by atoms with van der Waals surface area (Å²) in [6, 6.07) is 0. The van der Waals surface area contributed by atoms with Gasteiger partial charge in [-0.3, -0.25) is 9.59 Å². The van der Waals surface area contributed by atoms with Gasteiger partial charge in [-0.1, -0.05) is 26.7 Å². The summed E-state index contributed by atoms with van der Waals surface area (Å²) in [5, 5.41) is 0. The number of fused-ring (bicyclic) bond motifs is 8. The molecule has 0 N–H and O–H groups in total. The molecule has 2 bridgehead atoms. The summed E-state index contributed by atoms with van der Waals surface area (Å²) in [6.07, 6.45) is 4.93. The summed E-state index contributed by atoms with van der Waals surface area (Å²) in [5.41, 5.74) is 0. The van der Waals surface area contributed by atoms with Gasteiger partial charge in [0.05, 0.1) is 11.8 Å². The molecule has 0 amide bonds. The first-order valence-electron chi connectivity index (χ1n) is 7.89. The van der Waals surface area contributed by atoms with E-state index in [2.05, 4.69) is 13.8 Å². The largest absolute Gasteiger partial charge is 0.393 e. The molecule has 7 unspecified atom stereocenters. The van der Waals surface area contributed by atoms with E-state index in [1.165, 1.54) is 19.3 Å². The van der Waals surface area contributed by atoms with Gasteiger partial charge >= 0.3 is 11.9 Å². The zero-order chi connectivity index (χ0) is 13.3. The molecule has 104 valence electrons. The predicted molar refractivity (Wildman–Crippen MR) is 68.8 cm³/mol. The number of rotatable bonds is 2. The van der Waals surface area contributed by atoms with E-state index in [1.54, 1.807) is 0 Å². The van der Waals surface area contributed by atoms with E-state index in [0.29, 0.717) is 23.7 Å². The third kappa shape index (κ3) is 1.34. The molecule has 0 aromatic heterocycles. The van der Waals surface area contributed by atoms with Gasteiger partial charge in [0.2, 0.25) is 0 Å². The van der Waals surface area contributed by atoms with Crippen molar-refractivity contribution in [2.24, 2.45) is 47.3 Å². The molecule has 1 aliphatic heterocycles. The molecule has 4 aliphatic rings. The van der Waals surface area contributed by atoms with Gasteiger partial charge in [-0.15, -0.1) is 0 Å². The van der Waals surface area contributed by atoms with Crippen LogP contribution in [0.5, 0.6) is 0 Å². The highest BCUT2D eigenvalue weighted by Crippen LogP contribution is 2.68. The molecule has 3 heteroatoms. The third-order valence-corrected chi connectivity index (χ3v) is 6.57. The molecule has 19 heavy (non-hydrogen) atoms. The molecule has 0 radical (unpaired) electrons. The second-order valence-electron chi connectivity index (χ2n) is 7.27. The Balaban J connectivity index is 1.69. The second kappa shape index (κ2) is 3.83. The molecule has 0 aromatic carbocycles. The van der Waals surface area contributed by atoms with E-state index in [9.17, 15) is 9.59 Å². The maximum Gasteiger partial charge on any atom is 0.317 e. The number of cyclic esters (lactones) is 2. The molecule has 4 rings (SSSR count). The smallest absolute Gasteiger partial charge is 0.317 e. The van der Waals surface area contributed by atoms with Crippen LogP contribution in [0.3, 0.4) is 0 Å². The fourth-order valence-corrected chi connectivity index (χ4v) is 6.32. The van der Waals surface area contributed by atoms with Crippen LogP contribution in [0.4, 0.5) is 0 Å². The van der Waals surface area contributed by atoms with Crippen LogP contribution in [-0.2, 0) is 14.3 Å². The van der Waals surface area contributed by atoms with Crippen molar-refractivity contribution in [3.8, 4) is 0 Å². The molecular weight excluding hydrogens is 240 g/mol. The number of carbonyl (C=O) groups is 2. The van der Waals surface area contributed by atoms with E-state index >= 15 is 0 Å². The standard InChI is InChI=1S/C16H22O3/c1-3-4-8-5-7(2)11-9-6-10(12(8)11)14-13(9)15(17)19-16(14)18/h7-14H,3-6H2,1-2H3/t7?,8?,9?,10?,11?,12?,13-,14?/m0/s1. The maximum absolute atomic E-state index is 11.9. The number of ether oxygens (including phenoxy) is 1. The summed E-state index contributed by atoms with van der Waals surface area (Å²) in [4.78, 5) is 23.9. The molecule has 0 spiro atoms. The highest BCUT2D eigenvalue weighted by atomic mass is 16.6. The van der Waals surface area contributed by atoms with Crippen LogP contribution in [0.1, 0.15) is 39.5 Å². The summed E-state index contributed by atoms with van der Waals surface area (Å²) < 4.78 is 4.93. The van der Waals surface area contributed by atoms with Crippen LogP contribution in [0.2, 0.25) is 0 Å². The number of carbonyl (C=O) groups excluding carboxylic acids is 2. The summed E-state index contributed by atoms with van der Waals surface area (Å²) >= 11 is 0. The van der Waals surface area contributed by atoms with E-state index in [4.69, 9.17) is 4.74 Å². The number of hydrogen-bond acceptors (Lipinski definition) is 3. The summed E-state index contributed by atoms with van der Waals surface area (Å²) in [6.45, 7) is 4.60. The topological polar surface area (TPSA) is 43.4 Å². The quantitative estimate of drug-likeness (QED) is 0.567. The SMILES string of the molecule is CCCC1CC(C)C2C1C1CC2[C@@H]2C(=O)OC(=O)C12. The van der Waals surface area contributed by atoms with Gasteiger partial charge in [0.1, 0.15) is 0 Å². The summed E-state index contributed by atoms with van der Waals surface area (Å²) in [7, 11) is 0. The molecule has 3 aliphatic carbocycles. The van der Waals surface area contributed by atoms with Gasteiger partial charge in [-0.2, -0.15) is 0 Å². The first-order chi connectivity index (χ1) is 9.13. The van der Waals surface area contributed by atoms with E-state index in [-0.39, 0.29) is 23.8 Å². The van der Waals surface area contributed by atoms with Crippen molar-refractivity contribution >= 4 is 11.9 Å². The minimum Gasteiger partial charge on any atom is -0.393 e. The Kier molecular flexibility index (Phi) is 2.40. The fraction of sp³-hybridized carbons (Fsp3) is 0.875. The normalized spacial score (nSPS) is 54.4. The fourth-order valence-electron chi connectivity index (χ4n) is 6.32.